The lowest BCUT2D eigenvalue weighted by atomic mass is 9.96. The number of hydrazine groups is 1. The van der Waals surface area contributed by atoms with Crippen LogP contribution < -0.4 is 11.2 Å². The zero-order chi connectivity index (χ0) is 21.4. The van der Waals surface area contributed by atoms with Crippen molar-refractivity contribution < 1.29 is 9.59 Å². The number of amides is 2. The fourth-order valence-electron chi connectivity index (χ4n) is 4.13. The second-order valence-corrected chi connectivity index (χ2v) is 7.44. The van der Waals surface area contributed by atoms with E-state index in [1.165, 1.54) is 5.01 Å². The lowest BCUT2D eigenvalue weighted by molar-refractivity contribution is -0.124. The van der Waals surface area contributed by atoms with E-state index in [1.54, 1.807) is 30.7 Å². The molecule has 0 bridgehead atoms. The number of carbonyl (C=O) groups excluding carboxylic acids is 2. The average Bonchev–Trinajstić information content (AvgIpc) is 3.15. The van der Waals surface area contributed by atoms with Crippen molar-refractivity contribution in [2.45, 2.75) is 19.4 Å². The van der Waals surface area contributed by atoms with E-state index in [1.807, 2.05) is 41.0 Å². The van der Waals surface area contributed by atoms with Crippen LogP contribution in [0.5, 0.6) is 0 Å². The fraction of sp³-hybridized carbons (Fsp3) is 0.125. The Morgan fingerprint density at radius 3 is 2.65 bits per heavy atom. The molecule has 3 aromatic rings. The van der Waals surface area contributed by atoms with Crippen molar-refractivity contribution in [2.75, 3.05) is 0 Å². The third-order valence-corrected chi connectivity index (χ3v) is 5.56. The number of hydrogen-bond donors (Lipinski definition) is 2. The van der Waals surface area contributed by atoms with E-state index in [2.05, 4.69) is 16.5 Å². The van der Waals surface area contributed by atoms with Gasteiger partial charge in [0.15, 0.2) is 0 Å². The molecule has 1 aliphatic heterocycles. The molecule has 2 aromatic heterocycles. The number of rotatable bonds is 4. The number of carbonyl (C=O) groups is 2. The molecule has 7 heteroatoms. The summed E-state index contributed by atoms with van der Waals surface area (Å²) in [6, 6.07) is 15.1. The predicted octanol–water partition coefficient (Wildman–Crippen LogP) is 2.71. The monoisotopic (exact) mass is 411 g/mol. The Bertz CT molecular complexity index is 1230. The van der Waals surface area contributed by atoms with Crippen molar-refractivity contribution in [2.24, 2.45) is 5.73 Å². The van der Waals surface area contributed by atoms with Crippen LogP contribution in [0.2, 0.25) is 0 Å². The highest BCUT2D eigenvalue weighted by Gasteiger charge is 2.33. The molecule has 0 fully saturated rings. The predicted molar refractivity (Wildman–Crippen MR) is 117 cm³/mol. The quantitative estimate of drug-likeness (QED) is 0.690. The second-order valence-electron chi connectivity index (χ2n) is 7.44. The summed E-state index contributed by atoms with van der Waals surface area (Å²) >= 11 is 0. The lowest BCUT2D eigenvalue weighted by Gasteiger charge is -2.21. The van der Waals surface area contributed by atoms with Crippen LogP contribution in [0.4, 0.5) is 0 Å². The first kappa shape index (κ1) is 19.0. The van der Waals surface area contributed by atoms with Crippen LogP contribution in [0.3, 0.4) is 0 Å². The molecule has 5 rings (SSSR count). The van der Waals surface area contributed by atoms with Gasteiger partial charge < -0.3 is 10.3 Å². The molecule has 3 N–H and O–H groups in total. The van der Waals surface area contributed by atoms with Crippen LogP contribution in [-0.4, -0.2) is 26.4 Å². The van der Waals surface area contributed by atoms with Gasteiger partial charge in [-0.25, -0.2) is 5.01 Å². The molecule has 31 heavy (non-hydrogen) atoms. The summed E-state index contributed by atoms with van der Waals surface area (Å²) in [5.74, 6) is -0.668. The smallest absolute Gasteiger partial charge is 0.278 e. The largest absolute Gasteiger partial charge is 0.325 e. The van der Waals surface area contributed by atoms with Crippen molar-refractivity contribution >= 4 is 23.1 Å². The Morgan fingerprint density at radius 2 is 1.90 bits per heavy atom. The summed E-state index contributed by atoms with van der Waals surface area (Å²) in [6.07, 6.45) is 8.30. The summed E-state index contributed by atoms with van der Waals surface area (Å²) in [4.78, 5) is 30.3. The standard InChI is InChI=1S/C24H21N5O2/c25-14-19-13-18-7-4-8-20-22(18)29(19)21(16-5-2-1-3-6-16)15-28(24(20)31)27-23(30)17-9-11-26-12-10-17/h1-3,5-6,8-13,15H,4,7,14,25H2,(H,27,30). The van der Waals surface area contributed by atoms with Crippen molar-refractivity contribution in [3.63, 3.8) is 0 Å². The van der Waals surface area contributed by atoms with Gasteiger partial charge in [0, 0.05) is 35.8 Å². The summed E-state index contributed by atoms with van der Waals surface area (Å²) in [7, 11) is 0. The van der Waals surface area contributed by atoms with Crippen LogP contribution in [0, 0.1) is 0 Å². The maximum atomic E-state index is 13.5. The number of nitrogens with zero attached hydrogens (tertiary/aromatic N) is 3. The summed E-state index contributed by atoms with van der Waals surface area (Å²) in [5, 5.41) is 1.28. The van der Waals surface area contributed by atoms with E-state index < -0.39 is 0 Å². The van der Waals surface area contributed by atoms with Crippen LogP contribution in [-0.2, 0) is 17.8 Å². The molecule has 1 aromatic carbocycles. The van der Waals surface area contributed by atoms with Gasteiger partial charge in [0.1, 0.15) is 0 Å². The number of pyridine rings is 1. The minimum atomic E-state index is -0.387. The molecule has 0 spiro atoms. The molecule has 7 nitrogen and oxygen atoms in total. The highest BCUT2D eigenvalue weighted by atomic mass is 16.2. The van der Waals surface area contributed by atoms with Crippen LogP contribution in [0.15, 0.2) is 73.2 Å². The number of aryl methyl sites for hydroxylation is 1. The molecule has 2 amide bonds. The number of benzene rings is 1. The number of hydrogen-bond acceptors (Lipinski definition) is 4. The van der Waals surface area contributed by atoms with Gasteiger partial charge in [-0.05, 0) is 36.6 Å². The van der Waals surface area contributed by atoms with E-state index in [4.69, 9.17) is 5.73 Å². The molecular weight excluding hydrogens is 390 g/mol. The highest BCUT2D eigenvalue weighted by Crippen LogP contribution is 2.37. The number of aromatic nitrogens is 2. The maximum absolute atomic E-state index is 13.5. The Hall–Kier alpha value is -3.97. The molecule has 0 saturated carbocycles. The van der Waals surface area contributed by atoms with Gasteiger partial charge in [-0.3, -0.25) is 20.0 Å². The topological polar surface area (TPSA) is 93.2 Å². The van der Waals surface area contributed by atoms with Crippen molar-refractivity contribution in [3.8, 4) is 0 Å². The number of allylic oxidation sites excluding steroid dienone is 1. The van der Waals surface area contributed by atoms with Gasteiger partial charge >= 0.3 is 0 Å². The third kappa shape index (κ3) is 3.25. The Morgan fingerprint density at radius 1 is 1.13 bits per heavy atom. The minimum absolute atomic E-state index is 0.280. The van der Waals surface area contributed by atoms with Gasteiger partial charge in [0.05, 0.1) is 23.2 Å². The zero-order valence-corrected chi connectivity index (χ0v) is 16.8. The molecule has 1 aliphatic carbocycles. The van der Waals surface area contributed by atoms with Crippen molar-refractivity contribution in [1.29, 1.82) is 0 Å². The van der Waals surface area contributed by atoms with Crippen LogP contribution >= 0.6 is 0 Å². The van der Waals surface area contributed by atoms with Crippen LogP contribution in [0.1, 0.15) is 39.3 Å². The molecule has 2 aliphatic rings. The van der Waals surface area contributed by atoms with Crippen LogP contribution in [0.25, 0.3) is 11.3 Å². The fourth-order valence-corrected chi connectivity index (χ4v) is 4.13. The van der Waals surface area contributed by atoms with Gasteiger partial charge in [-0.15, -0.1) is 0 Å². The lowest BCUT2D eigenvalue weighted by Crippen LogP contribution is -2.42. The normalized spacial score (nSPS) is 15.0. The van der Waals surface area contributed by atoms with Gasteiger partial charge in [-0.1, -0.05) is 36.4 Å². The van der Waals surface area contributed by atoms with E-state index >= 15 is 0 Å². The molecule has 0 unspecified atom stereocenters. The molecule has 154 valence electrons. The summed E-state index contributed by atoms with van der Waals surface area (Å²) < 4.78 is 2.05. The van der Waals surface area contributed by atoms with E-state index in [9.17, 15) is 9.59 Å². The Labute approximate surface area is 179 Å². The number of nitrogens with one attached hydrogen (secondary N) is 1. The van der Waals surface area contributed by atoms with Gasteiger partial charge in [-0.2, -0.15) is 0 Å². The third-order valence-electron chi connectivity index (χ3n) is 5.56. The summed E-state index contributed by atoms with van der Waals surface area (Å²) in [6.45, 7) is 0.335. The first-order chi connectivity index (χ1) is 15.2. The Balaban J connectivity index is 1.67. The highest BCUT2D eigenvalue weighted by molar-refractivity contribution is 6.21. The second kappa shape index (κ2) is 7.70. The minimum Gasteiger partial charge on any atom is -0.325 e. The molecule has 3 heterocycles. The zero-order valence-electron chi connectivity index (χ0n) is 16.8. The molecule has 0 atom stereocenters. The first-order valence-corrected chi connectivity index (χ1v) is 10.1. The molecule has 0 radical (unpaired) electrons. The Kier molecular flexibility index (Phi) is 4.72. The van der Waals surface area contributed by atoms with Gasteiger partial charge in [0.25, 0.3) is 11.8 Å². The van der Waals surface area contributed by atoms with Crippen molar-refractivity contribution in [1.82, 2.24) is 20.0 Å². The van der Waals surface area contributed by atoms with E-state index in [-0.39, 0.29) is 11.8 Å². The van der Waals surface area contributed by atoms with Gasteiger partial charge in [0.2, 0.25) is 0 Å². The maximum Gasteiger partial charge on any atom is 0.278 e. The van der Waals surface area contributed by atoms with E-state index in [0.717, 1.165) is 41.1 Å². The van der Waals surface area contributed by atoms with E-state index in [0.29, 0.717) is 17.7 Å². The average molecular weight is 411 g/mol. The first-order valence-electron chi connectivity index (χ1n) is 10.1. The number of nitrogens with two attached hydrogens (primary N) is 1. The molecular formula is C24H21N5O2. The molecule has 0 saturated heterocycles. The van der Waals surface area contributed by atoms with Crippen molar-refractivity contribution in [3.05, 3.63) is 101 Å². The SMILES string of the molecule is NCc1cc2c3n1C(c1ccccc1)=CN(NC(=O)c1ccncc1)C(=O)C3=CCC2. The summed E-state index contributed by atoms with van der Waals surface area (Å²) in [5.41, 5.74) is 14.4.